The minimum atomic E-state index is -1.04. The van der Waals surface area contributed by atoms with Crippen molar-refractivity contribution in [3.8, 4) is 0 Å². The number of unbranched alkanes of at least 4 members (excludes halogenated alkanes) is 2. The Hall–Kier alpha value is -1.90. The summed E-state index contributed by atoms with van der Waals surface area (Å²) in [5.41, 5.74) is 0. The van der Waals surface area contributed by atoms with Crippen LogP contribution in [0.2, 0.25) is 0 Å². The minimum Gasteiger partial charge on any atom is -0.481 e. The van der Waals surface area contributed by atoms with Gasteiger partial charge in [0.1, 0.15) is 0 Å². The molecule has 0 saturated heterocycles. The quantitative estimate of drug-likeness (QED) is 0.201. The SMILES string of the molecule is [2H]/C(=C\C([2H])=C(/[2H])C/C([2H])=C(\[2H])C/C([2H])=C(\[2H])CCCCC)C(=O)CCCC(=O)O. The van der Waals surface area contributed by atoms with Gasteiger partial charge in [0.25, 0.3) is 0 Å². The summed E-state index contributed by atoms with van der Waals surface area (Å²) >= 11 is 0. The highest BCUT2D eigenvalue weighted by Crippen LogP contribution is 2.01. The van der Waals surface area contributed by atoms with E-state index in [4.69, 9.17) is 14.7 Å². The van der Waals surface area contributed by atoms with Crippen LogP contribution in [0.15, 0.2) is 48.4 Å². The van der Waals surface area contributed by atoms with Crippen molar-refractivity contribution in [1.82, 2.24) is 0 Å². The zero-order chi connectivity index (χ0) is 23.3. The maximum atomic E-state index is 11.8. The topological polar surface area (TPSA) is 54.4 Å². The number of rotatable bonds is 14. The third-order valence-electron chi connectivity index (χ3n) is 2.71. The summed E-state index contributed by atoms with van der Waals surface area (Å²) in [5, 5.41) is 8.55. The van der Waals surface area contributed by atoms with Crippen molar-refractivity contribution in [3.05, 3.63) is 48.4 Å². The standard InChI is InChI=1S/C20H30O3/c1-2-3-4-5-6-7-8-9-10-11-12-13-14-16-19(21)17-15-18-20(22)23/h6-7,9-10,12-14,16H,2-5,8,11,15,17-18H2,1H3,(H,22,23)/b7-6+,10-9+,13-12+,16-14+/i6D,7D,9D,10D,12D,13D,16D. The molecule has 0 rings (SSSR count). The Morgan fingerprint density at radius 3 is 2.35 bits per heavy atom. The average molecular weight is 325 g/mol. The molecule has 0 saturated carbocycles. The van der Waals surface area contributed by atoms with Crippen LogP contribution in [0.3, 0.4) is 0 Å². The van der Waals surface area contributed by atoms with Crippen molar-refractivity contribution in [2.75, 3.05) is 0 Å². The summed E-state index contributed by atoms with van der Waals surface area (Å²) in [4.78, 5) is 22.2. The molecule has 0 unspecified atom stereocenters. The van der Waals surface area contributed by atoms with Crippen molar-refractivity contribution in [1.29, 1.82) is 0 Å². The summed E-state index contributed by atoms with van der Waals surface area (Å²) in [7, 11) is 0. The second kappa shape index (κ2) is 16.5. The number of carbonyl (C=O) groups is 2. The summed E-state index contributed by atoms with van der Waals surface area (Å²) in [6.45, 7) is 2.03. The Labute approximate surface area is 150 Å². The maximum Gasteiger partial charge on any atom is 0.303 e. The van der Waals surface area contributed by atoms with Crippen molar-refractivity contribution < 1.29 is 24.3 Å². The van der Waals surface area contributed by atoms with Crippen LogP contribution >= 0.6 is 0 Å². The van der Waals surface area contributed by atoms with Gasteiger partial charge in [-0.2, -0.15) is 0 Å². The number of carboxylic acids is 1. The van der Waals surface area contributed by atoms with E-state index in [1.54, 1.807) is 0 Å². The Kier molecular flexibility index (Phi) is 8.31. The van der Waals surface area contributed by atoms with Gasteiger partial charge in [-0.15, -0.1) is 0 Å². The number of carbonyl (C=O) groups excluding carboxylic acids is 1. The van der Waals surface area contributed by atoms with E-state index in [1.807, 2.05) is 6.92 Å². The van der Waals surface area contributed by atoms with Gasteiger partial charge in [-0.3, -0.25) is 9.59 Å². The van der Waals surface area contributed by atoms with Gasteiger partial charge in [-0.05, 0) is 38.2 Å². The van der Waals surface area contributed by atoms with Crippen molar-refractivity contribution in [2.45, 2.75) is 64.7 Å². The minimum absolute atomic E-state index is 0.0391. The average Bonchev–Trinajstić information content (AvgIpc) is 2.67. The van der Waals surface area contributed by atoms with Gasteiger partial charge < -0.3 is 5.11 Å². The monoisotopic (exact) mass is 325 g/mol. The fraction of sp³-hybridized carbons (Fsp3) is 0.500. The van der Waals surface area contributed by atoms with Crippen LogP contribution in [0.5, 0.6) is 0 Å². The van der Waals surface area contributed by atoms with E-state index in [0.29, 0.717) is 6.42 Å². The van der Waals surface area contributed by atoms with E-state index >= 15 is 0 Å². The molecular weight excluding hydrogens is 288 g/mol. The molecule has 0 fully saturated rings. The second-order valence-corrected chi connectivity index (χ2v) is 4.80. The van der Waals surface area contributed by atoms with Crippen LogP contribution < -0.4 is 0 Å². The molecule has 0 bridgehead atoms. The Morgan fingerprint density at radius 1 is 0.957 bits per heavy atom. The molecule has 0 atom stereocenters. The highest BCUT2D eigenvalue weighted by Gasteiger charge is 1.99. The van der Waals surface area contributed by atoms with Gasteiger partial charge >= 0.3 is 5.97 Å². The van der Waals surface area contributed by atoms with Gasteiger partial charge in [-0.1, -0.05) is 62.2 Å². The van der Waals surface area contributed by atoms with E-state index in [2.05, 4.69) is 0 Å². The van der Waals surface area contributed by atoms with Crippen molar-refractivity contribution in [3.63, 3.8) is 0 Å². The number of aliphatic carboxylic acids is 1. The van der Waals surface area contributed by atoms with Crippen LogP contribution in [0.25, 0.3) is 0 Å². The first-order chi connectivity index (χ1) is 14.0. The molecule has 0 heterocycles. The van der Waals surface area contributed by atoms with Crippen molar-refractivity contribution in [2.24, 2.45) is 0 Å². The van der Waals surface area contributed by atoms with Gasteiger partial charge in [-0.25, -0.2) is 0 Å². The smallest absolute Gasteiger partial charge is 0.303 e. The van der Waals surface area contributed by atoms with E-state index in [1.165, 1.54) is 0 Å². The molecule has 0 aliphatic carbocycles. The maximum absolute atomic E-state index is 11.8. The third kappa shape index (κ3) is 18.1. The first kappa shape index (κ1) is 11.6. The van der Waals surface area contributed by atoms with E-state index < -0.39 is 23.9 Å². The van der Waals surface area contributed by atoms with E-state index in [-0.39, 0.29) is 62.4 Å². The van der Waals surface area contributed by atoms with Crippen LogP contribution in [-0.2, 0) is 9.59 Å². The van der Waals surface area contributed by atoms with Gasteiger partial charge in [0.2, 0.25) is 0 Å². The predicted octanol–water partition coefficient (Wildman–Crippen LogP) is 5.40. The molecule has 0 aromatic carbocycles. The lowest BCUT2D eigenvalue weighted by atomic mass is 10.1. The molecule has 0 aliphatic heterocycles. The zero-order valence-corrected chi connectivity index (χ0v) is 13.7. The molecule has 0 amide bonds. The summed E-state index contributed by atoms with van der Waals surface area (Å²) in [5.74, 6) is -1.68. The highest BCUT2D eigenvalue weighted by atomic mass is 16.4. The Morgan fingerprint density at radius 2 is 1.65 bits per heavy atom. The largest absolute Gasteiger partial charge is 0.481 e. The van der Waals surface area contributed by atoms with E-state index in [0.717, 1.165) is 25.3 Å². The van der Waals surface area contributed by atoms with Crippen molar-refractivity contribution >= 4 is 11.8 Å². The molecule has 0 aromatic rings. The summed E-state index contributed by atoms with van der Waals surface area (Å²) in [6.07, 6.45) is 3.27. The predicted molar refractivity (Wildman–Crippen MR) is 96.4 cm³/mol. The van der Waals surface area contributed by atoms with E-state index in [9.17, 15) is 9.59 Å². The third-order valence-corrected chi connectivity index (χ3v) is 2.71. The fourth-order valence-corrected chi connectivity index (χ4v) is 1.52. The molecule has 128 valence electrons. The molecule has 3 heteroatoms. The normalized spacial score (nSPS) is 19.5. The summed E-state index contributed by atoms with van der Waals surface area (Å²) < 4.78 is 54.8. The molecule has 0 aromatic heterocycles. The Balaban J connectivity index is 5.05. The van der Waals surface area contributed by atoms with Gasteiger partial charge in [0.05, 0.1) is 9.60 Å². The highest BCUT2D eigenvalue weighted by molar-refractivity contribution is 5.90. The lowest BCUT2D eigenvalue weighted by Crippen LogP contribution is -1.97. The lowest BCUT2D eigenvalue weighted by molar-refractivity contribution is -0.137. The molecule has 0 aliphatic rings. The Bertz CT molecular complexity index is 737. The second-order valence-electron chi connectivity index (χ2n) is 4.80. The first-order valence-corrected chi connectivity index (χ1v) is 7.89. The van der Waals surface area contributed by atoms with Gasteiger partial charge in [0, 0.05) is 12.8 Å². The lowest BCUT2D eigenvalue weighted by Gasteiger charge is -1.92. The fourth-order valence-electron chi connectivity index (χ4n) is 1.52. The number of hydrogen-bond acceptors (Lipinski definition) is 2. The molecule has 1 N–H and O–H groups in total. The molecule has 23 heavy (non-hydrogen) atoms. The van der Waals surface area contributed by atoms with Crippen LogP contribution in [0, 0.1) is 0 Å². The number of allylic oxidation sites excluding steroid dienone is 8. The summed E-state index contributed by atoms with van der Waals surface area (Å²) in [6, 6.07) is -1.68. The number of carboxylic acid groups (broad SMARTS) is 1. The molecule has 0 spiro atoms. The number of hydrogen-bond donors (Lipinski definition) is 1. The first-order valence-electron chi connectivity index (χ1n) is 11.4. The zero-order valence-electron chi connectivity index (χ0n) is 20.7. The van der Waals surface area contributed by atoms with Crippen LogP contribution in [0.4, 0.5) is 0 Å². The molecular formula is C20H30O3. The van der Waals surface area contributed by atoms with Crippen LogP contribution in [0.1, 0.15) is 74.3 Å². The number of ketones is 1. The van der Waals surface area contributed by atoms with Crippen LogP contribution in [-0.4, -0.2) is 16.9 Å². The molecule has 3 nitrogen and oxygen atoms in total. The molecule has 0 radical (unpaired) electrons. The van der Waals surface area contributed by atoms with Gasteiger partial charge in [0.15, 0.2) is 5.78 Å².